The molecule has 0 bridgehead atoms. The Morgan fingerprint density at radius 2 is 0.408 bits per heavy atom. The van der Waals surface area contributed by atoms with Gasteiger partial charge in [-0.05, 0) is 152 Å². The summed E-state index contributed by atoms with van der Waals surface area (Å²) in [6.45, 7) is 40.0. The van der Waals surface area contributed by atoms with Crippen molar-refractivity contribution in [3.05, 3.63) is 313 Å². The summed E-state index contributed by atoms with van der Waals surface area (Å²) < 4.78 is 2.44. The van der Waals surface area contributed by atoms with Crippen molar-refractivity contribution in [3.63, 3.8) is 0 Å². The second-order valence-electron chi connectivity index (χ2n) is 37.9. The Kier molecular flexibility index (Phi) is 28.3. The van der Waals surface area contributed by atoms with Crippen LogP contribution in [0.15, 0.2) is 252 Å². The summed E-state index contributed by atoms with van der Waals surface area (Å²) in [7, 11) is 0. The van der Waals surface area contributed by atoms with Gasteiger partial charge in [0, 0.05) is 64.6 Å². The number of aromatic nitrogens is 9. The number of allylic oxidation sites excluding steroid dienone is 2. The number of rotatable bonds is 24. The summed E-state index contributed by atoms with van der Waals surface area (Å²) in [5.74, 6) is 5.87. The van der Waals surface area contributed by atoms with Gasteiger partial charge in [0.1, 0.15) is 6.29 Å². The molecule has 0 unspecified atom stereocenters. The Morgan fingerprint density at radius 3 is 0.583 bits per heavy atom. The van der Waals surface area contributed by atoms with Crippen LogP contribution < -0.4 is 0 Å². The molecule has 0 atom stereocenters. The van der Waals surface area contributed by atoms with E-state index in [-0.39, 0.29) is 32.5 Å². The summed E-state index contributed by atoms with van der Waals surface area (Å²) in [5, 5.41) is 0. The quantitative estimate of drug-likeness (QED) is 0.0425. The highest BCUT2D eigenvalue weighted by atomic mass is 79.9. The minimum absolute atomic E-state index is 0.0613. The van der Waals surface area contributed by atoms with Crippen LogP contribution in [0.3, 0.4) is 0 Å². The van der Waals surface area contributed by atoms with E-state index < -0.39 is 0 Å². The molecule has 0 aliphatic heterocycles. The summed E-state index contributed by atoms with van der Waals surface area (Å²) in [4.78, 5) is 55.6. The summed E-state index contributed by atoms with van der Waals surface area (Å²) in [5.41, 5.74) is 22.3. The molecule has 13 aromatic rings. The average Bonchev–Trinajstić information content (AvgIpc) is 0.797. The van der Waals surface area contributed by atoms with Crippen LogP contribution in [0.4, 0.5) is 0 Å². The smallest absolute Gasteiger partial charge is 0.164 e. The molecule has 0 saturated carbocycles. The lowest BCUT2D eigenvalue weighted by atomic mass is 9.86. The minimum Gasteiger partial charge on any atom is -0.298 e. The van der Waals surface area contributed by atoms with Gasteiger partial charge < -0.3 is 0 Å². The molecule has 0 aliphatic rings. The van der Waals surface area contributed by atoms with Gasteiger partial charge in [-0.15, -0.1) is 0 Å². The van der Waals surface area contributed by atoms with Gasteiger partial charge in [-0.25, -0.2) is 44.9 Å². The van der Waals surface area contributed by atoms with Crippen LogP contribution in [-0.4, -0.2) is 51.1 Å². The van der Waals surface area contributed by atoms with Gasteiger partial charge in [-0.2, -0.15) is 0 Å². The van der Waals surface area contributed by atoms with Gasteiger partial charge in [0.15, 0.2) is 52.4 Å². The maximum Gasteiger partial charge on any atom is 0.164 e. The lowest BCUT2D eigenvalue weighted by Crippen LogP contribution is -2.11. The first-order valence-corrected chi connectivity index (χ1v) is 44.1. The van der Waals surface area contributed by atoms with Crippen LogP contribution in [-0.2, 0) is 45.3 Å². The lowest BCUT2D eigenvalue weighted by molar-refractivity contribution is 0.112. The molecule has 3 heterocycles. The van der Waals surface area contributed by atoms with E-state index in [1.54, 1.807) is 12.1 Å². The molecule has 0 aliphatic carbocycles. The topological polar surface area (TPSA) is 133 Å². The lowest BCUT2D eigenvalue weighted by Gasteiger charge is -2.19. The van der Waals surface area contributed by atoms with E-state index in [1.807, 2.05) is 12.1 Å². The van der Waals surface area contributed by atoms with E-state index in [4.69, 9.17) is 44.9 Å². The van der Waals surface area contributed by atoms with E-state index in [2.05, 4.69) is 387 Å². The zero-order chi connectivity index (χ0) is 85.7. The number of hydrogen-bond donors (Lipinski definition) is 0. The zero-order valence-electron chi connectivity index (χ0n) is 73.6. The maximum absolute atomic E-state index is 11.1. The number of nitrogens with zero attached hydrogens (tertiary/aromatic N) is 9. The van der Waals surface area contributed by atoms with Gasteiger partial charge in [0.05, 0.1) is 0 Å². The van der Waals surface area contributed by atoms with Crippen LogP contribution in [0.2, 0.25) is 0 Å². The number of benzene rings is 10. The van der Waals surface area contributed by atoms with Crippen LogP contribution in [0.5, 0.6) is 0 Å². The van der Waals surface area contributed by atoms with Crippen LogP contribution >= 0.6 is 31.9 Å². The second kappa shape index (κ2) is 38.4. The van der Waals surface area contributed by atoms with Crippen molar-refractivity contribution in [3.8, 4) is 102 Å². The molecule has 0 saturated heterocycles. The molecular weight excluding hydrogens is 1600 g/mol. The predicted octanol–water partition coefficient (Wildman–Crippen LogP) is 29.7. The Balaban J connectivity index is 0.000000322. The third kappa shape index (κ3) is 23.9. The molecule has 0 amide bonds. The second-order valence-corrected chi connectivity index (χ2v) is 39.6. The minimum atomic E-state index is 0.0613. The number of hydrogen-bond acceptors (Lipinski definition) is 10. The van der Waals surface area contributed by atoms with Crippen molar-refractivity contribution in [2.24, 2.45) is 0 Å². The van der Waals surface area contributed by atoms with Crippen LogP contribution in [0, 0.1) is 0 Å². The molecule has 12 heteroatoms. The van der Waals surface area contributed by atoms with E-state index in [0.29, 0.717) is 58.0 Å². The van der Waals surface area contributed by atoms with Crippen molar-refractivity contribution in [1.29, 1.82) is 0 Å². The van der Waals surface area contributed by atoms with E-state index >= 15 is 0 Å². The molecule has 0 spiro atoms. The molecule has 10 nitrogen and oxygen atoms in total. The molecule has 0 fully saturated rings. The van der Waals surface area contributed by atoms with E-state index in [1.165, 1.54) is 77.4 Å². The summed E-state index contributed by atoms with van der Waals surface area (Å²) in [6.07, 6.45) is 21.1. The Labute approximate surface area is 731 Å². The van der Waals surface area contributed by atoms with Crippen molar-refractivity contribution in [1.82, 2.24) is 44.9 Å². The molecule has 13 rings (SSSR count). The zero-order valence-corrected chi connectivity index (χ0v) is 76.8. The number of halogens is 2. The fraction of sp³-hybridized carbons (Fsp3) is 0.315. The largest absolute Gasteiger partial charge is 0.298 e. The molecule has 120 heavy (non-hydrogen) atoms. The third-order valence-electron chi connectivity index (χ3n) is 22.1. The molecule has 0 N–H and O–H groups in total. The molecule has 0 radical (unpaired) electrons. The number of carbonyl (C=O) groups is 1. The molecule has 10 aromatic carbocycles. The monoisotopic (exact) mass is 1710 g/mol. The fourth-order valence-electron chi connectivity index (χ4n) is 14.2. The van der Waals surface area contributed by atoms with Gasteiger partial charge in [0.2, 0.25) is 0 Å². The fourth-order valence-corrected chi connectivity index (χ4v) is 15.3. The van der Waals surface area contributed by atoms with Crippen molar-refractivity contribution in [2.75, 3.05) is 0 Å². The van der Waals surface area contributed by atoms with Gasteiger partial charge in [0.25, 0.3) is 0 Å². The number of unbranched alkanes of at least 4 members (excludes halogenated alkanes) is 6. The Hall–Kier alpha value is -10.7. The molecule has 3 aromatic heterocycles. The summed E-state index contributed by atoms with van der Waals surface area (Å²) in [6, 6.07) is 80.5. The first-order valence-electron chi connectivity index (χ1n) is 42.5. The summed E-state index contributed by atoms with van der Waals surface area (Å²) >= 11 is 7.85. The van der Waals surface area contributed by atoms with Gasteiger partial charge in [-0.1, -0.05) is 412 Å². The molecular formula is C108H117Br2N9O. The molecule has 614 valence electrons. The van der Waals surface area contributed by atoms with Crippen molar-refractivity contribution < 1.29 is 4.79 Å². The highest BCUT2D eigenvalue weighted by Gasteiger charge is 2.24. The van der Waals surface area contributed by atoms with E-state index in [9.17, 15) is 4.79 Å². The first-order chi connectivity index (χ1) is 57.0. The SMILES string of the molecule is CC(C)(C)c1ccc(-c2nc(-c3ccc(/C=C/CCCCCc4cc(Br)c(CCCCC/C=C/c5ccc(-c6nc(-c7ccc(C(C)(C)C)cc7)nc(-c7ccc(C(C)(C)C)cc7)n6)cc5)cc4Br)cc3)nc(-c3ccc(C(C)(C)C)cc3)n2)cc1.CC(C)(C)c1ccc(-c2nc(-c3ccc(C=O)cc3)nc(-c3ccc(C(C)(C)C)cc3)n2)cc1. The first kappa shape index (κ1) is 88.6. The van der Waals surface area contributed by atoms with E-state index in [0.717, 1.165) is 108 Å². The van der Waals surface area contributed by atoms with Crippen LogP contribution in [0.1, 0.15) is 242 Å². The maximum atomic E-state index is 11.1. The number of aryl methyl sites for hydroxylation is 2. The Morgan fingerprint density at radius 1 is 0.233 bits per heavy atom. The van der Waals surface area contributed by atoms with Crippen LogP contribution in [0.25, 0.3) is 115 Å². The predicted molar refractivity (Wildman–Crippen MR) is 510 cm³/mol. The highest BCUT2D eigenvalue weighted by Crippen LogP contribution is 2.37. The van der Waals surface area contributed by atoms with Crippen molar-refractivity contribution >= 4 is 50.3 Å². The Bertz CT molecular complexity index is 5200. The number of aldehydes is 1. The average molecular weight is 1720 g/mol. The third-order valence-corrected chi connectivity index (χ3v) is 23.5. The normalized spacial score (nSPS) is 12.3. The van der Waals surface area contributed by atoms with Gasteiger partial charge in [-0.3, -0.25) is 4.79 Å². The van der Waals surface area contributed by atoms with Gasteiger partial charge >= 0.3 is 0 Å². The highest BCUT2D eigenvalue weighted by molar-refractivity contribution is 9.11. The van der Waals surface area contributed by atoms with Crippen molar-refractivity contribution in [2.45, 2.75) is 221 Å². The standard InChI is InChI=1S/C78H86Br2N6.C30H31N3O/c1-75(2,3)63-43-35-57(36-44-63)71-81-69(82-72(85-71)58-37-45-64(46-38-58)76(4,5)6)55-31-27-53(28-32-55)23-19-15-13-17-21-25-61-51-68(80)62(52-67(61)79)26-22-18-14-16-20-24-54-29-33-56(34-30-54)70-83-73(59-39-47-65(48-40-59)77(7,8)9)86-74(84-70)60-41-49-66(50-42-60)78(10,11)12;1-29(2,3)24-15-11-22(12-16-24)27-31-26(21-9-7-20(19-34)8-10-21)32-28(33-27)23-13-17-25(18-14-23)30(4,5)6/h19-20,23-24,27-52H,13-18,21-22,25-26H2,1-12H3;7-19H,1-6H3/b23-19+,24-20+;. The number of carbonyl (C=O) groups excluding carboxylic acids is 1.